The van der Waals surface area contributed by atoms with Gasteiger partial charge in [0.1, 0.15) is 0 Å². The van der Waals surface area contributed by atoms with Gasteiger partial charge in [0.2, 0.25) is 0 Å². The number of aromatic nitrogens is 1. The highest BCUT2D eigenvalue weighted by Gasteiger charge is 2.07. The molecule has 2 aromatic heterocycles. The first-order valence-corrected chi connectivity index (χ1v) is 8.78. The number of thiazole rings is 1. The fraction of sp³-hybridized carbons (Fsp3) is 0.467. The van der Waals surface area contributed by atoms with Crippen LogP contribution in [0.3, 0.4) is 0 Å². The second-order valence-corrected chi connectivity index (χ2v) is 7.21. The van der Waals surface area contributed by atoms with Crippen LogP contribution in [0.25, 0.3) is 0 Å². The fourth-order valence-corrected chi connectivity index (χ4v) is 3.52. The Kier molecular flexibility index (Phi) is 6.20. The topological polar surface area (TPSA) is 49.3 Å². The predicted molar refractivity (Wildman–Crippen MR) is 92.7 cm³/mol. The maximum absolute atomic E-state index is 4.37. The number of hydrogen-bond donors (Lipinski definition) is 2. The third kappa shape index (κ3) is 5.13. The first-order valence-electron chi connectivity index (χ1n) is 7.08. The zero-order valence-electron chi connectivity index (χ0n) is 12.7. The van der Waals surface area contributed by atoms with Crippen molar-refractivity contribution >= 4 is 28.6 Å². The first-order chi connectivity index (χ1) is 10.2. The van der Waals surface area contributed by atoms with Crippen molar-refractivity contribution < 1.29 is 0 Å². The lowest BCUT2D eigenvalue weighted by molar-refractivity contribution is 0.706. The van der Waals surface area contributed by atoms with Gasteiger partial charge < -0.3 is 10.6 Å². The summed E-state index contributed by atoms with van der Waals surface area (Å²) in [6, 6.07) is 4.28. The van der Waals surface area contributed by atoms with Crippen LogP contribution in [0.1, 0.15) is 27.6 Å². The Bertz CT molecular complexity index is 560. The molecular formula is C15H22N4S2. The van der Waals surface area contributed by atoms with E-state index in [9.17, 15) is 0 Å². The van der Waals surface area contributed by atoms with E-state index < -0.39 is 0 Å². The third-order valence-corrected chi connectivity index (χ3v) is 5.21. The van der Waals surface area contributed by atoms with E-state index in [1.54, 1.807) is 29.7 Å². The van der Waals surface area contributed by atoms with E-state index in [1.165, 1.54) is 14.8 Å². The van der Waals surface area contributed by atoms with Crippen LogP contribution in [0.4, 0.5) is 0 Å². The van der Waals surface area contributed by atoms with Crippen molar-refractivity contribution in [3.63, 3.8) is 0 Å². The van der Waals surface area contributed by atoms with Gasteiger partial charge in [0.15, 0.2) is 5.96 Å². The van der Waals surface area contributed by atoms with Crippen molar-refractivity contribution in [1.82, 2.24) is 15.6 Å². The quantitative estimate of drug-likeness (QED) is 0.635. The van der Waals surface area contributed by atoms with Crippen molar-refractivity contribution in [3.05, 3.63) is 38.5 Å². The minimum Gasteiger partial charge on any atom is -0.356 e. The average molecular weight is 323 g/mol. The zero-order valence-corrected chi connectivity index (χ0v) is 14.4. The fourth-order valence-electron chi connectivity index (χ4n) is 1.95. The third-order valence-electron chi connectivity index (χ3n) is 3.13. The molecule has 0 saturated heterocycles. The van der Waals surface area contributed by atoms with E-state index in [2.05, 4.69) is 52.0 Å². The van der Waals surface area contributed by atoms with Crippen molar-refractivity contribution in [2.45, 2.75) is 26.2 Å². The Morgan fingerprint density at radius 2 is 2.29 bits per heavy atom. The normalized spacial score (nSPS) is 13.2. The number of aliphatic imine (C=N–C) groups is 1. The molecule has 0 saturated carbocycles. The summed E-state index contributed by atoms with van der Waals surface area (Å²) >= 11 is 3.55. The van der Waals surface area contributed by atoms with Gasteiger partial charge in [0, 0.05) is 48.4 Å². The Hall–Kier alpha value is -1.40. The van der Waals surface area contributed by atoms with Gasteiger partial charge in [-0.05, 0) is 18.4 Å². The minimum absolute atomic E-state index is 0.491. The van der Waals surface area contributed by atoms with Crippen LogP contribution in [0.2, 0.25) is 0 Å². The Morgan fingerprint density at radius 3 is 2.90 bits per heavy atom. The molecule has 0 aliphatic carbocycles. The number of hydrogen-bond acceptors (Lipinski definition) is 4. The number of guanidine groups is 1. The average Bonchev–Trinajstić information content (AvgIpc) is 3.14. The molecule has 0 amide bonds. The highest BCUT2D eigenvalue weighted by molar-refractivity contribution is 7.11. The molecular weight excluding hydrogens is 300 g/mol. The Labute approximate surface area is 134 Å². The van der Waals surface area contributed by atoms with Crippen molar-refractivity contribution in [3.8, 4) is 0 Å². The summed E-state index contributed by atoms with van der Waals surface area (Å²) < 4.78 is 0. The predicted octanol–water partition coefficient (Wildman–Crippen LogP) is 3.02. The molecule has 0 radical (unpaired) electrons. The number of rotatable bonds is 6. The second-order valence-electron chi connectivity index (χ2n) is 4.91. The van der Waals surface area contributed by atoms with Gasteiger partial charge >= 0.3 is 0 Å². The number of aryl methyl sites for hydroxylation is 1. The van der Waals surface area contributed by atoms with E-state index in [4.69, 9.17) is 0 Å². The van der Waals surface area contributed by atoms with Gasteiger partial charge in [-0.15, -0.1) is 22.7 Å². The van der Waals surface area contributed by atoms with Gasteiger partial charge in [0.05, 0.1) is 5.01 Å². The van der Waals surface area contributed by atoms with Gasteiger partial charge in [0.25, 0.3) is 0 Å². The van der Waals surface area contributed by atoms with Crippen LogP contribution in [-0.4, -0.2) is 31.1 Å². The summed E-state index contributed by atoms with van der Waals surface area (Å²) in [4.78, 5) is 11.3. The summed E-state index contributed by atoms with van der Waals surface area (Å²) in [7, 11) is 1.80. The summed E-state index contributed by atoms with van der Waals surface area (Å²) in [5.41, 5.74) is 0. The highest BCUT2D eigenvalue weighted by Crippen LogP contribution is 2.19. The molecule has 0 aliphatic rings. The van der Waals surface area contributed by atoms with Gasteiger partial charge in [-0.1, -0.05) is 13.0 Å². The summed E-state index contributed by atoms with van der Waals surface area (Å²) in [5.74, 6) is 1.34. The largest absolute Gasteiger partial charge is 0.356 e. The summed E-state index contributed by atoms with van der Waals surface area (Å²) in [6.07, 6.45) is 2.86. The van der Waals surface area contributed by atoms with Crippen LogP contribution in [0.15, 0.2) is 28.7 Å². The molecule has 2 heterocycles. The molecule has 2 aromatic rings. The molecule has 4 nitrogen and oxygen atoms in total. The van der Waals surface area contributed by atoms with Crippen molar-refractivity contribution in [1.29, 1.82) is 0 Å². The molecule has 114 valence electrons. The van der Waals surface area contributed by atoms with Crippen LogP contribution in [0.5, 0.6) is 0 Å². The van der Waals surface area contributed by atoms with Crippen LogP contribution >= 0.6 is 22.7 Å². The number of nitrogens with zero attached hydrogens (tertiary/aromatic N) is 2. The van der Waals surface area contributed by atoms with E-state index in [1.807, 2.05) is 6.20 Å². The Balaban J connectivity index is 1.71. The molecule has 1 atom stereocenters. The van der Waals surface area contributed by atoms with E-state index in [0.29, 0.717) is 5.92 Å². The van der Waals surface area contributed by atoms with Gasteiger partial charge in [-0.25, -0.2) is 4.98 Å². The zero-order chi connectivity index (χ0) is 15.1. The minimum atomic E-state index is 0.491. The monoisotopic (exact) mass is 322 g/mol. The lowest BCUT2D eigenvalue weighted by Crippen LogP contribution is -2.39. The van der Waals surface area contributed by atoms with Crippen LogP contribution in [-0.2, 0) is 6.42 Å². The maximum Gasteiger partial charge on any atom is 0.191 e. The smallest absolute Gasteiger partial charge is 0.191 e. The SMILES string of the molecule is CN=C(NCCc1ncc(C)s1)NCC(C)c1cccs1. The molecule has 0 fully saturated rings. The molecule has 6 heteroatoms. The lowest BCUT2D eigenvalue weighted by Gasteiger charge is -2.14. The molecule has 0 spiro atoms. The molecule has 0 aromatic carbocycles. The van der Waals surface area contributed by atoms with Crippen molar-refractivity contribution in [2.75, 3.05) is 20.1 Å². The molecule has 2 rings (SSSR count). The standard InChI is InChI=1S/C15H22N4S2/c1-11(13-5-4-8-20-13)9-19-15(16-3)17-7-6-14-18-10-12(2)21-14/h4-5,8,10-11H,6-7,9H2,1-3H3,(H2,16,17,19). The molecule has 1 unspecified atom stereocenters. The Morgan fingerprint density at radius 1 is 1.43 bits per heavy atom. The van der Waals surface area contributed by atoms with E-state index in [0.717, 1.165) is 25.5 Å². The summed E-state index contributed by atoms with van der Waals surface area (Å²) in [6.45, 7) is 6.04. The van der Waals surface area contributed by atoms with Crippen LogP contribution < -0.4 is 10.6 Å². The number of thiophene rings is 1. The highest BCUT2D eigenvalue weighted by atomic mass is 32.1. The van der Waals surface area contributed by atoms with Crippen molar-refractivity contribution in [2.24, 2.45) is 4.99 Å². The van der Waals surface area contributed by atoms with E-state index in [-0.39, 0.29) is 0 Å². The molecule has 21 heavy (non-hydrogen) atoms. The van der Waals surface area contributed by atoms with Gasteiger partial charge in [-0.3, -0.25) is 4.99 Å². The van der Waals surface area contributed by atoms with Crippen LogP contribution in [0, 0.1) is 6.92 Å². The number of nitrogens with one attached hydrogen (secondary N) is 2. The lowest BCUT2D eigenvalue weighted by atomic mass is 10.1. The summed E-state index contributed by atoms with van der Waals surface area (Å²) in [5, 5.41) is 10.0. The first kappa shape index (κ1) is 16.0. The van der Waals surface area contributed by atoms with Gasteiger partial charge in [-0.2, -0.15) is 0 Å². The van der Waals surface area contributed by atoms with E-state index >= 15 is 0 Å². The molecule has 0 aliphatic heterocycles. The second kappa shape index (κ2) is 8.14. The molecule has 2 N–H and O–H groups in total. The molecule has 0 bridgehead atoms. The maximum atomic E-state index is 4.37.